The van der Waals surface area contributed by atoms with Gasteiger partial charge in [0.05, 0.1) is 12.6 Å². The maximum atomic E-state index is 12.5. The molecule has 3 N–H and O–H groups in total. The highest BCUT2D eigenvalue weighted by Gasteiger charge is 2.23. The molecule has 0 unspecified atom stereocenters. The molecule has 1 saturated heterocycles. The average molecular weight is 482 g/mol. The maximum absolute atomic E-state index is 12.5. The number of carbonyl (C=O) groups is 1. The molecule has 1 amide bonds. The smallest absolute Gasteiger partial charge is 0.243 e. The molecule has 1 atom stereocenters. The highest BCUT2D eigenvalue weighted by Crippen LogP contribution is 2.29. The van der Waals surface area contributed by atoms with Gasteiger partial charge in [0, 0.05) is 35.1 Å². The van der Waals surface area contributed by atoms with E-state index in [9.17, 15) is 4.79 Å². The van der Waals surface area contributed by atoms with Crippen LogP contribution >= 0.6 is 15.9 Å². The van der Waals surface area contributed by atoms with Gasteiger partial charge in [-0.15, -0.1) is 5.10 Å². The van der Waals surface area contributed by atoms with Gasteiger partial charge >= 0.3 is 0 Å². The van der Waals surface area contributed by atoms with Crippen LogP contribution in [0.1, 0.15) is 0 Å². The summed E-state index contributed by atoms with van der Waals surface area (Å²) in [6, 6.07) is 12.9. The molecule has 10 heteroatoms. The summed E-state index contributed by atoms with van der Waals surface area (Å²) in [5.41, 5.74) is 2.25. The van der Waals surface area contributed by atoms with Crippen LogP contribution in [-0.4, -0.2) is 58.3 Å². The van der Waals surface area contributed by atoms with E-state index in [4.69, 9.17) is 19.8 Å². The third-order valence-electron chi connectivity index (χ3n) is 5.17. The molecular weight excluding hydrogens is 462 g/mol. The lowest BCUT2D eigenvalue weighted by molar-refractivity contribution is -0.121. The van der Waals surface area contributed by atoms with Crippen molar-refractivity contribution in [2.75, 3.05) is 32.1 Å². The Morgan fingerprint density at radius 1 is 1.16 bits per heavy atom. The fourth-order valence-corrected chi connectivity index (χ4v) is 4.02. The monoisotopic (exact) mass is 481 g/mol. The van der Waals surface area contributed by atoms with E-state index < -0.39 is 6.04 Å². The first-order valence-corrected chi connectivity index (χ1v) is 10.7. The quantitative estimate of drug-likeness (QED) is 0.410. The number of benzene rings is 2. The largest absolute Gasteiger partial charge is 0.497 e. The van der Waals surface area contributed by atoms with E-state index in [2.05, 4.69) is 31.9 Å². The molecule has 9 nitrogen and oxygen atoms in total. The van der Waals surface area contributed by atoms with Gasteiger partial charge in [0.2, 0.25) is 11.9 Å². The Balaban J connectivity index is 1.66. The van der Waals surface area contributed by atoms with Gasteiger partial charge in [-0.05, 0) is 52.3 Å². The molecule has 1 aliphatic heterocycles. The van der Waals surface area contributed by atoms with E-state index in [1.165, 1.54) is 0 Å². The number of amides is 1. The van der Waals surface area contributed by atoms with Crippen molar-refractivity contribution in [2.24, 2.45) is 0 Å². The number of halogens is 1. The van der Waals surface area contributed by atoms with E-state index in [-0.39, 0.29) is 5.91 Å². The zero-order valence-corrected chi connectivity index (χ0v) is 18.3. The molecule has 3 heterocycles. The fraction of sp³-hybridized carbons (Fsp3) is 0.238. The molecule has 0 spiro atoms. The molecule has 2 aromatic carbocycles. The molecule has 0 radical (unpaired) electrons. The summed E-state index contributed by atoms with van der Waals surface area (Å²) < 4.78 is 7.74. The zero-order valence-electron chi connectivity index (χ0n) is 16.7. The lowest BCUT2D eigenvalue weighted by Crippen LogP contribution is -2.42. The molecule has 2 aromatic heterocycles. The number of hydrogen-bond acceptors (Lipinski definition) is 7. The first-order valence-electron chi connectivity index (χ1n) is 9.88. The van der Waals surface area contributed by atoms with E-state index in [0.29, 0.717) is 30.5 Å². The van der Waals surface area contributed by atoms with Gasteiger partial charge in [0.15, 0.2) is 11.5 Å². The highest BCUT2D eigenvalue weighted by molar-refractivity contribution is 9.10. The summed E-state index contributed by atoms with van der Waals surface area (Å²) in [6.45, 7) is 1.80. The maximum Gasteiger partial charge on any atom is 0.243 e. The molecule has 4 aromatic rings. The number of rotatable bonds is 4. The summed E-state index contributed by atoms with van der Waals surface area (Å²) in [5.74, 6) is 1.69. The van der Waals surface area contributed by atoms with Gasteiger partial charge in [-0.1, -0.05) is 6.07 Å². The minimum Gasteiger partial charge on any atom is -0.497 e. The van der Waals surface area contributed by atoms with E-state index in [0.717, 1.165) is 33.2 Å². The van der Waals surface area contributed by atoms with Crippen LogP contribution in [0.25, 0.3) is 27.9 Å². The third-order valence-corrected chi connectivity index (χ3v) is 5.81. The zero-order chi connectivity index (χ0) is 21.4. The Hall–Kier alpha value is -3.24. The van der Waals surface area contributed by atoms with Crippen molar-refractivity contribution in [1.29, 1.82) is 0 Å². The van der Waals surface area contributed by atoms with Crippen molar-refractivity contribution in [3.63, 3.8) is 0 Å². The number of ether oxygens (including phenoxy) is 1. The molecule has 1 fully saturated rings. The number of nitrogens with zero attached hydrogens (tertiary/aromatic N) is 4. The van der Waals surface area contributed by atoms with E-state index >= 15 is 0 Å². The van der Waals surface area contributed by atoms with Crippen LogP contribution < -0.4 is 20.7 Å². The highest BCUT2D eigenvalue weighted by atomic mass is 79.9. The molecule has 0 bridgehead atoms. The first kappa shape index (κ1) is 19.7. The van der Waals surface area contributed by atoms with Crippen molar-refractivity contribution in [1.82, 2.24) is 30.2 Å². The summed E-state index contributed by atoms with van der Waals surface area (Å²) in [6.07, 6.45) is 0. The van der Waals surface area contributed by atoms with Gasteiger partial charge in [-0.3, -0.25) is 4.79 Å². The van der Waals surface area contributed by atoms with Crippen molar-refractivity contribution in [3.8, 4) is 17.1 Å². The summed E-state index contributed by atoms with van der Waals surface area (Å²) in [7, 11) is 1.63. The second kappa shape index (κ2) is 8.12. The molecule has 31 heavy (non-hydrogen) atoms. The van der Waals surface area contributed by atoms with Crippen LogP contribution in [0.5, 0.6) is 5.75 Å². The standard InChI is InChI=1S/C21H20BrN7O2/c1-31-13-7-5-12(6-8-13)18-27-19-14-3-2-4-15(22)17(14)26-21(29(19)28-18)25-16-11-23-9-10-24-20(16)30/h2-8,16,23H,9-11H2,1H3,(H,24,30)(H,25,26)/t16-/m1/s1. The minimum absolute atomic E-state index is 0.0809. The number of aromatic nitrogens is 4. The number of nitrogens with one attached hydrogen (secondary N) is 3. The normalized spacial score (nSPS) is 16.8. The van der Waals surface area contributed by atoms with Crippen molar-refractivity contribution < 1.29 is 9.53 Å². The van der Waals surface area contributed by atoms with Gasteiger partial charge in [-0.25, -0.2) is 9.97 Å². The molecular formula is C21H20BrN7O2. The fourth-order valence-electron chi connectivity index (χ4n) is 3.56. The Labute approximate surface area is 186 Å². The molecule has 0 aliphatic carbocycles. The van der Waals surface area contributed by atoms with Crippen molar-refractivity contribution in [2.45, 2.75) is 6.04 Å². The number of fused-ring (bicyclic) bond motifs is 3. The number of para-hydroxylation sites is 1. The van der Waals surface area contributed by atoms with Crippen molar-refractivity contribution in [3.05, 3.63) is 46.9 Å². The van der Waals surface area contributed by atoms with Crippen molar-refractivity contribution >= 4 is 44.3 Å². The average Bonchev–Trinajstić information content (AvgIpc) is 3.15. The van der Waals surface area contributed by atoms with Crippen LogP contribution in [0, 0.1) is 0 Å². The number of anilines is 1. The van der Waals surface area contributed by atoms with Gasteiger partial charge in [0.1, 0.15) is 11.8 Å². The lowest BCUT2D eigenvalue weighted by atomic mass is 10.2. The topological polar surface area (TPSA) is 105 Å². The Kier molecular flexibility index (Phi) is 5.16. The Morgan fingerprint density at radius 2 is 2.00 bits per heavy atom. The Bertz CT molecular complexity index is 1270. The predicted octanol–water partition coefficient (Wildman–Crippen LogP) is 2.22. The van der Waals surface area contributed by atoms with Crippen LogP contribution in [0.2, 0.25) is 0 Å². The van der Waals surface area contributed by atoms with Crippen LogP contribution in [0.3, 0.4) is 0 Å². The number of hydrogen-bond donors (Lipinski definition) is 3. The third kappa shape index (κ3) is 3.68. The van der Waals surface area contributed by atoms with Crippen LogP contribution in [0.15, 0.2) is 46.9 Å². The van der Waals surface area contributed by atoms with E-state index in [1.807, 2.05) is 42.5 Å². The summed E-state index contributed by atoms with van der Waals surface area (Å²) >= 11 is 3.58. The lowest BCUT2D eigenvalue weighted by Gasteiger charge is -2.17. The summed E-state index contributed by atoms with van der Waals surface area (Å²) in [5, 5.41) is 15.0. The van der Waals surface area contributed by atoms with Crippen LogP contribution in [-0.2, 0) is 4.79 Å². The predicted molar refractivity (Wildman–Crippen MR) is 121 cm³/mol. The second-order valence-corrected chi connectivity index (χ2v) is 8.02. The molecule has 158 valence electrons. The SMILES string of the molecule is COc1ccc(-c2nc3c4cccc(Br)c4nc(N[C@@H]4CNCCNC4=O)n3n2)cc1. The first-order chi connectivity index (χ1) is 15.1. The van der Waals surface area contributed by atoms with Gasteiger partial charge in [-0.2, -0.15) is 4.52 Å². The molecule has 0 saturated carbocycles. The van der Waals surface area contributed by atoms with E-state index in [1.54, 1.807) is 11.6 Å². The molecule has 5 rings (SSSR count). The van der Waals surface area contributed by atoms with Gasteiger partial charge in [0.25, 0.3) is 0 Å². The Morgan fingerprint density at radius 3 is 2.81 bits per heavy atom. The number of carbonyl (C=O) groups excluding carboxylic acids is 1. The van der Waals surface area contributed by atoms with Crippen LogP contribution in [0.4, 0.5) is 5.95 Å². The second-order valence-electron chi connectivity index (χ2n) is 7.16. The minimum atomic E-state index is -0.480. The number of methoxy groups -OCH3 is 1. The van der Waals surface area contributed by atoms with Gasteiger partial charge < -0.3 is 20.7 Å². The summed E-state index contributed by atoms with van der Waals surface area (Å²) in [4.78, 5) is 22.0. The molecule has 1 aliphatic rings.